The van der Waals surface area contributed by atoms with E-state index in [1.165, 1.54) is 0 Å². The van der Waals surface area contributed by atoms with Crippen molar-refractivity contribution in [2.45, 2.75) is 44.6 Å². The van der Waals surface area contributed by atoms with Gasteiger partial charge in [0.1, 0.15) is 0 Å². The van der Waals surface area contributed by atoms with E-state index < -0.39 is 5.97 Å². The van der Waals surface area contributed by atoms with E-state index in [1.807, 2.05) is 0 Å². The van der Waals surface area contributed by atoms with Crippen molar-refractivity contribution in [2.24, 2.45) is 11.8 Å². The zero-order valence-corrected chi connectivity index (χ0v) is 9.89. The van der Waals surface area contributed by atoms with Crippen molar-refractivity contribution < 1.29 is 14.7 Å². The third kappa shape index (κ3) is 3.32. The lowest BCUT2D eigenvalue weighted by molar-refractivity contribution is -0.141. The third-order valence-electron chi connectivity index (χ3n) is 3.71. The molecule has 1 fully saturated rings. The van der Waals surface area contributed by atoms with Gasteiger partial charge >= 0.3 is 5.97 Å². The Labute approximate surface area is 101 Å². The van der Waals surface area contributed by atoms with Crippen molar-refractivity contribution in [3.05, 3.63) is 12.2 Å². The van der Waals surface area contributed by atoms with Crippen LogP contribution in [0.5, 0.6) is 0 Å². The second kappa shape index (κ2) is 5.34. The number of carboxylic acids is 1. The van der Waals surface area contributed by atoms with Gasteiger partial charge in [-0.25, -0.2) is 0 Å². The van der Waals surface area contributed by atoms with Gasteiger partial charge < -0.3 is 10.4 Å². The van der Waals surface area contributed by atoms with Crippen molar-refractivity contribution in [2.75, 3.05) is 0 Å². The Morgan fingerprint density at radius 3 is 2.71 bits per heavy atom. The van der Waals surface area contributed by atoms with Crippen LogP contribution < -0.4 is 5.32 Å². The number of allylic oxidation sites excluding steroid dienone is 2. The molecule has 0 spiro atoms. The van der Waals surface area contributed by atoms with Crippen LogP contribution >= 0.6 is 0 Å². The zero-order chi connectivity index (χ0) is 12.3. The van der Waals surface area contributed by atoms with Crippen molar-refractivity contribution in [1.29, 1.82) is 0 Å². The maximum Gasteiger partial charge on any atom is 0.306 e. The van der Waals surface area contributed by atoms with E-state index in [-0.39, 0.29) is 17.9 Å². The lowest BCUT2D eigenvalue weighted by Crippen LogP contribution is -2.34. The molecule has 0 bridgehead atoms. The molecule has 1 saturated carbocycles. The molecule has 1 unspecified atom stereocenters. The van der Waals surface area contributed by atoms with Crippen molar-refractivity contribution in [3.8, 4) is 0 Å². The number of aliphatic carboxylic acids is 1. The van der Waals surface area contributed by atoms with Gasteiger partial charge in [0, 0.05) is 12.5 Å². The van der Waals surface area contributed by atoms with Crippen LogP contribution in [-0.4, -0.2) is 23.0 Å². The van der Waals surface area contributed by atoms with Gasteiger partial charge in [0.15, 0.2) is 0 Å². The Morgan fingerprint density at radius 2 is 2.12 bits per heavy atom. The van der Waals surface area contributed by atoms with Crippen LogP contribution in [-0.2, 0) is 9.59 Å². The van der Waals surface area contributed by atoms with Crippen molar-refractivity contribution >= 4 is 11.9 Å². The number of carbonyl (C=O) groups excluding carboxylic acids is 1. The molecule has 1 amide bonds. The first-order valence-corrected chi connectivity index (χ1v) is 6.34. The van der Waals surface area contributed by atoms with E-state index in [9.17, 15) is 9.59 Å². The van der Waals surface area contributed by atoms with Crippen LogP contribution in [0, 0.1) is 11.8 Å². The number of carboxylic acid groups (broad SMARTS) is 1. The summed E-state index contributed by atoms with van der Waals surface area (Å²) in [7, 11) is 0. The molecule has 0 radical (unpaired) electrons. The molecule has 2 rings (SSSR count). The van der Waals surface area contributed by atoms with E-state index >= 15 is 0 Å². The van der Waals surface area contributed by atoms with Crippen LogP contribution in [0.2, 0.25) is 0 Å². The first-order chi connectivity index (χ1) is 8.15. The van der Waals surface area contributed by atoms with E-state index in [1.54, 1.807) is 0 Å². The summed E-state index contributed by atoms with van der Waals surface area (Å²) in [5, 5.41) is 11.8. The summed E-state index contributed by atoms with van der Waals surface area (Å²) in [6, 6.07) is 0.0639. The topological polar surface area (TPSA) is 66.4 Å². The highest BCUT2D eigenvalue weighted by molar-refractivity contribution is 5.77. The van der Waals surface area contributed by atoms with Gasteiger partial charge in [-0.1, -0.05) is 12.2 Å². The molecule has 0 aromatic heterocycles. The Morgan fingerprint density at radius 1 is 1.29 bits per heavy atom. The van der Waals surface area contributed by atoms with Crippen LogP contribution in [0.15, 0.2) is 12.2 Å². The molecular weight excluding hydrogens is 218 g/mol. The molecule has 4 nitrogen and oxygen atoms in total. The average molecular weight is 237 g/mol. The highest BCUT2D eigenvalue weighted by Crippen LogP contribution is 2.26. The normalized spacial score (nSPS) is 31.6. The summed E-state index contributed by atoms with van der Waals surface area (Å²) >= 11 is 0. The molecule has 3 atom stereocenters. The summed E-state index contributed by atoms with van der Waals surface area (Å²) < 4.78 is 0. The highest BCUT2D eigenvalue weighted by atomic mass is 16.4. The minimum absolute atomic E-state index is 0.0639. The second-order valence-corrected chi connectivity index (χ2v) is 5.08. The standard InChI is InChI=1S/C13H19NO3/c15-12(7-9-3-1-2-4-9)14-11-6-5-10(8-11)13(16)17/h1,3,9-11H,2,4-8H2,(H,14,15)(H,16,17)/t9?,10-,11+/m0/s1. The summed E-state index contributed by atoms with van der Waals surface area (Å²) in [5.41, 5.74) is 0. The Kier molecular flexibility index (Phi) is 3.82. The molecular formula is C13H19NO3. The second-order valence-electron chi connectivity index (χ2n) is 5.08. The first-order valence-electron chi connectivity index (χ1n) is 6.34. The molecule has 0 saturated heterocycles. The molecule has 17 heavy (non-hydrogen) atoms. The molecule has 0 aliphatic heterocycles. The molecule has 0 heterocycles. The van der Waals surface area contributed by atoms with E-state index in [2.05, 4.69) is 17.5 Å². The lowest BCUT2D eigenvalue weighted by Gasteiger charge is -2.14. The SMILES string of the molecule is O=C(CC1C=CCC1)N[C@@H]1CC[C@H](C(=O)O)C1. The molecule has 2 N–H and O–H groups in total. The van der Waals surface area contributed by atoms with E-state index in [4.69, 9.17) is 5.11 Å². The fourth-order valence-electron chi connectivity index (χ4n) is 2.73. The third-order valence-corrected chi connectivity index (χ3v) is 3.71. The molecule has 94 valence electrons. The number of hydrogen-bond donors (Lipinski definition) is 2. The number of hydrogen-bond acceptors (Lipinski definition) is 2. The highest BCUT2D eigenvalue weighted by Gasteiger charge is 2.30. The fraction of sp³-hybridized carbons (Fsp3) is 0.692. The summed E-state index contributed by atoms with van der Waals surface area (Å²) in [6.45, 7) is 0. The maximum absolute atomic E-state index is 11.7. The van der Waals surface area contributed by atoms with Gasteiger partial charge in [0.05, 0.1) is 5.92 Å². The quantitative estimate of drug-likeness (QED) is 0.731. The summed E-state index contributed by atoms with van der Waals surface area (Å²) in [5.74, 6) is -0.559. The van der Waals surface area contributed by atoms with Crippen molar-refractivity contribution in [1.82, 2.24) is 5.32 Å². The summed E-state index contributed by atoms with van der Waals surface area (Å²) in [4.78, 5) is 22.5. The van der Waals surface area contributed by atoms with E-state index in [0.29, 0.717) is 25.2 Å². The van der Waals surface area contributed by atoms with Gasteiger partial charge in [0.2, 0.25) is 5.91 Å². The number of rotatable bonds is 4. The Balaban J connectivity index is 1.72. The van der Waals surface area contributed by atoms with Gasteiger partial charge in [0.25, 0.3) is 0 Å². The Bertz CT molecular complexity index is 338. The summed E-state index contributed by atoms with van der Waals surface area (Å²) in [6.07, 6.45) is 8.97. The fourth-order valence-corrected chi connectivity index (χ4v) is 2.73. The molecule has 0 aromatic carbocycles. The smallest absolute Gasteiger partial charge is 0.306 e. The van der Waals surface area contributed by atoms with Gasteiger partial charge in [-0.05, 0) is 38.0 Å². The molecule has 4 heteroatoms. The lowest BCUT2D eigenvalue weighted by atomic mass is 10.0. The number of nitrogens with one attached hydrogen (secondary N) is 1. The average Bonchev–Trinajstić information content (AvgIpc) is 2.88. The molecule has 2 aliphatic carbocycles. The largest absolute Gasteiger partial charge is 0.481 e. The van der Waals surface area contributed by atoms with Crippen LogP contribution in [0.4, 0.5) is 0 Å². The van der Waals surface area contributed by atoms with Gasteiger partial charge in [-0.3, -0.25) is 9.59 Å². The maximum atomic E-state index is 11.7. The minimum Gasteiger partial charge on any atom is -0.481 e. The van der Waals surface area contributed by atoms with Crippen LogP contribution in [0.25, 0.3) is 0 Å². The predicted molar refractivity (Wildman–Crippen MR) is 63.4 cm³/mol. The predicted octanol–water partition coefficient (Wildman–Crippen LogP) is 1.71. The molecule has 2 aliphatic rings. The van der Waals surface area contributed by atoms with Gasteiger partial charge in [-0.2, -0.15) is 0 Å². The first kappa shape index (κ1) is 12.1. The number of carbonyl (C=O) groups is 2. The van der Waals surface area contributed by atoms with Crippen LogP contribution in [0.3, 0.4) is 0 Å². The molecule has 0 aromatic rings. The van der Waals surface area contributed by atoms with E-state index in [0.717, 1.165) is 19.3 Å². The van der Waals surface area contributed by atoms with Crippen LogP contribution in [0.1, 0.15) is 38.5 Å². The Hall–Kier alpha value is -1.32. The van der Waals surface area contributed by atoms with Crippen molar-refractivity contribution in [3.63, 3.8) is 0 Å². The van der Waals surface area contributed by atoms with Gasteiger partial charge in [-0.15, -0.1) is 0 Å². The monoisotopic (exact) mass is 237 g/mol. The minimum atomic E-state index is -0.736. The zero-order valence-electron chi connectivity index (χ0n) is 9.89. The number of amides is 1.